The zero-order chi connectivity index (χ0) is 30.2. The van der Waals surface area contributed by atoms with Gasteiger partial charge in [0.15, 0.2) is 0 Å². The molecule has 1 N–H and O–H groups in total. The Morgan fingerprint density at radius 1 is 0.951 bits per heavy atom. The van der Waals surface area contributed by atoms with Crippen LogP contribution in [0.3, 0.4) is 0 Å². The largest absolute Gasteiger partial charge is 0.497 e. The lowest BCUT2D eigenvalue weighted by atomic mass is 10.1. The fraction of sp³-hybridized carbons (Fsp3) is 0.333. The third-order valence-electron chi connectivity index (χ3n) is 6.73. The third-order valence-corrected chi connectivity index (χ3v) is 8.51. The highest BCUT2D eigenvalue weighted by Gasteiger charge is 2.34. The molecule has 0 aliphatic heterocycles. The molecule has 0 heterocycles. The summed E-state index contributed by atoms with van der Waals surface area (Å²) < 4.78 is 54.3. The molecule has 0 unspecified atom stereocenters. The van der Waals surface area contributed by atoms with E-state index < -0.39 is 40.2 Å². The minimum atomic E-state index is -4.31. The average Bonchev–Trinajstić information content (AvgIpc) is 2.98. The van der Waals surface area contributed by atoms with Crippen LogP contribution in [-0.2, 0) is 26.2 Å². The molecule has 0 radical (unpaired) electrons. The van der Waals surface area contributed by atoms with E-state index in [1.54, 1.807) is 30.3 Å². The quantitative estimate of drug-likeness (QED) is 0.320. The summed E-state index contributed by atoms with van der Waals surface area (Å²) in [6, 6.07) is 17.0. The van der Waals surface area contributed by atoms with Gasteiger partial charge in [0.25, 0.3) is 10.0 Å². The molecule has 3 aromatic rings. The van der Waals surface area contributed by atoms with Crippen molar-refractivity contribution in [2.75, 3.05) is 25.1 Å². The molecule has 0 saturated heterocycles. The van der Waals surface area contributed by atoms with Crippen molar-refractivity contribution in [3.05, 3.63) is 84.2 Å². The summed E-state index contributed by atoms with van der Waals surface area (Å²) in [6.07, 6.45) is 0.665. The predicted molar refractivity (Wildman–Crippen MR) is 155 cm³/mol. The number of sulfonamides is 1. The summed E-state index contributed by atoms with van der Waals surface area (Å²) in [5, 5.41) is 2.84. The Morgan fingerprint density at radius 2 is 1.61 bits per heavy atom. The normalized spacial score (nSPS) is 12.6. The molecule has 2 atom stereocenters. The number of nitrogens with one attached hydrogen (secondary N) is 1. The fourth-order valence-electron chi connectivity index (χ4n) is 4.08. The number of amides is 2. The number of halogens is 1. The Morgan fingerprint density at radius 3 is 2.22 bits per heavy atom. The van der Waals surface area contributed by atoms with Crippen LogP contribution in [0.25, 0.3) is 0 Å². The van der Waals surface area contributed by atoms with Crippen LogP contribution in [-0.4, -0.2) is 58.0 Å². The van der Waals surface area contributed by atoms with Crippen molar-refractivity contribution in [3.8, 4) is 11.5 Å². The SMILES string of the molecule is CC[C@H](C)NC(=O)[C@@H](C)N(Cc1ccccc1F)C(=O)CN(c1cc(OC)ccc1OC)S(=O)(=O)c1ccccc1. The highest BCUT2D eigenvalue weighted by Crippen LogP contribution is 2.36. The van der Waals surface area contributed by atoms with Gasteiger partial charge >= 0.3 is 0 Å². The molecule has 3 aromatic carbocycles. The zero-order valence-corrected chi connectivity index (χ0v) is 24.7. The molecule has 0 bridgehead atoms. The van der Waals surface area contributed by atoms with Crippen molar-refractivity contribution < 1.29 is 31.9 Å². The number of benzene rings is 3. The topological polar surface area (TPSA) is 105 Å². The molecule has 0 aromatic heterocycles. The smallest absolute Gasteiger partial charge is 0.264 e. The van der Waals surface area contributed by atoms with Gasteiger partial charge in [-0.1, -0.05) is 43.3 Å². The van der Waals surface area contributed by atoms with E-state index in [0.717, 1.165) is 4.31 Å². The van der Waals surface area contributed by atoms with E-state index in [-0.39, 0.29) is 34.5 Å². The zero-order valence-electron chi connectivity index (χ0n) is 23.8. The first-order valence-electron chi connectivity index (χ1n) is 13.2. The van der Waals surface area contributed by atoms with E-state index >= 15 is 0 Å². The monoisotopic (exact) mass is 585 g/mol. The van der Waals surface area contributed by atoms with Crippen molar-refractivity contribution in [1.29, 1.82) is 0 Å². The molecule has 0 aliphatic rings. The molecule has 3 rings (SSSR count). The minimum absolute atomic E-state index is 0.0547. The molecule has 0 spiro atoms. The van der Waals surface area contributed by atoms with Gasteiger partial charge in [0, 0.05) is 24.2 Å². The molecule has 2 amide bonds. The number of rotatable bonds is 13. The van der Waals surface area contributed by atoms with Gasteiger partial charge in [-0.15, -0.1) is 0 Å². The molecular weight excluding hydrogens is 549 g/mol. The van der Waals surface area contributed by atoms with Crippen LogP contribution in [0.5, 0.6) is 11.5 Å². The number of hydrogen-bond donors (Lipinski definition) is 1. The van der Waals surface area contributed by atoms with Crippen molar-refractivity contribution in [2.45, 2.75) is 50.7 Å². The van der Waals surface area contributed by atoms with E-state index in [1.807, 2.05) is 13.8 Å². The molecule has 220 valence electrons. The van der Waals surface area contributed by atoms with Crippen molar-refractivity contribution in [1.82, 2.24) is 10.2 Å². The van der Waals surface area contributed by atoms with Gasteiger partial charge in [-0.25, -0.2) is 12.8 Å². The second-order valence-electron chi connectivity index (χ2n) is 9.47. The lowest BCUT2D eigenvalue weighted by Gasteiger charge is -2.33. The van der Waals surface area contributed by atoms with E-state index in [9.17, 15) is 22.4 Å². The van der Waals surface area contributed by atoms with Gasteiger partial charge < -0.3 is 19.7 Å². The van der Waals surface area contributed by atoms with Crippen molar-refractivity contribution >= 4 is 27.5 Å². The van der Waals surface area contributed by atoms with Crippen LogP contribution in [0.1, 0.15) is 32.8 Å². The third kappa shape index (κ3) is 7.55. The molecule has 0 aliphatic carbocycles. The number of nitrogens with zero attached hydrogens (tertiary/aromatic N) is 2. The first-order chi connectivity index (χ1) is 19.5. The maximum absolute atomic E-state index is 14.7. The van der Waals surface area contributed by atoms with E-state index in [4.69, 9.17) is 9.47 Å². The molecule has 0 fully saturated rings. The van der Waals surface area contributed by atoms with Gasteiger partial charge in [0.1, 0.15) is 29.9 Å². The second kappa shape index (κ2) is 14.0. The standard InChI is InChI=1S/C30H36FN3O6S/c1-6-21(2)32-30(36)22(3)33(19-23-12-10-11-15-26(23)31)29(35)20-34(41(37,38)25-13-8-7-9-14-25)27-18-24(39-4)16-17-28(27)40-5/h7-18,21-22H,6,19-20H2,1-5H3,(H,32,36)/t21-,22+/m0/s1. The highest BCUT2D eigenvalue weighted by molar-refractivity contribution is 7.92. The second-order valence-corrected chi connectivity index (χ2v) is 11.3. The number of methoxy groups -OCH3 is 2. The summed E-state index contributed by atoms with van der Waals surface area (Å²) in [7, 11) is -1.50. The van der Waals surface area contributed by atoms with Crippen LogP contribution >= 0.6 is 0 Å². The number of hydrogen-bond acceptors (Lipinski definition) is 6. The Hall–Kier alpha value is -4.12. The Bertz CT molecular complexity index is 1450. The summed E-state index contributed by atoms with van der Waals surface area (Å²) in [5.41, 5.74) is 0.243. The minimum Gasteiger partial charge on any atom is -0.497 e. The number of carbonyl (C=O) groups is 2. The van der Waals surface area contributed by atoms with Gasteiger partial charge in [-0.2, -0.15) is 0 Å². The van der Waals surface area contributed by atoms with Crippen LogP contribution in [0.15, 0.2) is 77.7 Å². The van der Waals surface area contributed by atoms with Crippen LogP contribution in [0.2, 0.25) is 0 Å². The Kier molecular flexibility index (Phi) is 10.7. The highest BCUT2D eigenvalue weighted by atomic mass is 32.2. The lowest BCUT2D eigenvalue weighted by molar-refractivity contribution is -0.139. The molecular formula is C30H36FN3O6S. The number of carbonyl (C=O) groups excluding carboxylic acids is 2. The van der Waals surface area contributed by atoms with Gasteiger partial charge in [-0.05, 0) is 50.6 Å². The molecule has 41 heavy (non-hydrogen) atoms. The van der Waals surface area contributed by atoms with Gasteiger partial charge in [0.2, 0.25) is 11.8 Å². The summed E-state index contributed by atoms with van der Waals surface area (Å²) in [4.78, 5) is 28.3. The van der Waals surface area contributed by atoms with E-state index in [1.165, 1.54) is 68.5 Å². The summed E-state index contributed by atoms with van der Waals surface area (Å²) in [5.74, 6) is -1.19. The molecule has 9 nitrogen and oxygen atoms in total. The maximum atomic E-state index is 14.7. The van der Waals surface area contributed by atoms with E-state index in [2.05, 4.69) is 5.32 Å². The Labute approximate surface area is 240 Å². The summed E-state index contributed by atoms with van der Waals surface area (Å²) in [6.45, 7) is 4.31. The fourth-order valence-corrected chi connectivity index (χ4v) is 5.52. The summed E-state index contributed by atoms with van der Waals surface area (Å²) >= 11 is 0. The number of anilines is 1. The van der Waals surface area contributed by atoms with E-state index in [0.29, 0.717) is 12.2 Å². The van der Waals surface area contributed by atoms with Crippen molar-refractivity contribution in [2.24, 2.45) is 0 Å². The van der Waals surface area contributed by atoms with Crippen LogP contribution < -0.4 is 19.1 Å². The number of ether oxygens (including phenoxy) is 2. The first kappa shape index (κ1) is 31.4. The maximum Gasteiger partial charge on any atom is 0.264 e. The van der Waals surface area contributed by atoms with Crippen LogP contribution in [0, 0.1) is 5.82 Å². The lowest BCUT2D eigenvalue weighted by Crippen LogP contribution is -2.52. The van der Waals surface area contributed by atoms with Gasteiger partial charge in [0.05, 0.1) is 24.8 Å². The first-order valence-corrected chi connectivity index (χ1v) is 14.6. The van der Waals surface area contributed by atoms with Crippen molar-refractivity contribution in [3.63, 3.8) is 0 Å². The Balaban J connectivity index is 2.11. The molecule has 11 heteroatoms. The van der Waals surface area contributed by atoms with Gasteiger partial charge in [-0.3, -0.25) is 13.9 Å². The predicted octanol–water partition coefficient (Wildman–Crippen LogP) is 4.37. The molecule has 0 saturated carbocycles. The average molecular weight is 586 g/mol. The van der Waals surface area contributed by atoms with Crippen LogP contribution in [0.4, 0.5) is 10.1 Å².